The van der Waals surface area contributed by atoms with Gasteiger partial charge in [0.1, 0.15) is 6.04 Å². The van der Waals surface area contributed by atoms with E-state index < -0.39 is 0 Å². The third-order valence-corrected chi connectivity index (χ3v) is 3.93. The zero-order chi connectivity index (χ0) is 13.1. The molecule has 2 aromatic rings. The van der Waals surface area contributed by atoms with Crippen molar-refractivity contribution in [2.45, 2.75) is 19.0 Å². The van der Waals surface area contributed by atoms with Crippen LogP contribution in [-0.4, -0.2) is 17.4 Å². The molecule has 1 aromatic carbocycles. The Morgan fingerprint density at radius 3 is 3.21 bits per heavy atom. The van der Waals surface area contributed by atoms with E-state index in [4.69, 9.17) is 0 Å². The van der Waals surface area contributed by atoms with Gasteiger partial charge >= 0.3 is 0 Å². The van der Waals surface area contributed by atoms with Crippen molar-refractivity contribution in [2.75, 3.05) is 6.54 Å². The molecule has 2 N–H and O–H groups in total. The Morgan fingerprint density at radius 1 is 1.47 bits per heavy atom. The van der Waals surface area contributed by atoms with Crippen LogP contribution >= 0.6 is 11.3 Å². The summed E-state index contributed by atoms with van der Waals surface area (Å²) in [4.78, 5) is 16.4. The standard InChI is InChI=1S/C14H15N3OS/c18-14(16-7-11-8-19-9-17-11)13-12-4-2-1-3-10(12)5-6-15-13/h1-4,8-9,13,15H,5-7H2,(H,16,18). The summed E-state index contributed by atoms with van der Waals surface area (Å²) in [5.41, 5.74) is 5.03. The summed E-state index contributed by atoms with van der Waals surface area (Å²) in [5.74, 6) is 0.0140. The van der Waals surface area contributed by atoms with Gasteiger partial charge in [0, 0.05) is 11.9 Å². The highest BCUT2D eigenvalue weighted by molar-refractivity contribution is 7.07. The van der Waals surface area contributed by atoms with E-state index in [1.54, 1.807) is 5.51 Å². The van der Waals surface area contributed by atoms with Gasteiger partial charge in [0.2, 0.25) is 5.91 Å². The van der Waals surface area contributed by atoms with Gasteiger partial charge in [-0.2, -0.15) is 0 Å². The Labute approximate surface area is 115 Å². The largest absolute Gasteiger partial charge is 0.349 e. The highest BCUT2D eigenvalue weighted by Gasteiger charge is 2.25. The van der Waals surface area contributed by atoms with Crippen LogP contribution in [0, 0.1) is 0 Å². The van der Waals surface area contributed by atoms with Gasteiger partial charge in [-0.1, -0.05) is 24.3 Å². The molecule has 1 atom stereocenters. The first-order chi connectivity index (χ1) is 9.34. The maximum atomic E-state index is 12.3. The van der Waals surface area contributed by atoms with Crippen LogP contribution in [0.5, 0.6) is 0 Å². The van der Waals surface area contributed by atoms with Gasteiger partial charge in [-0.05, 0) is 17.5 Å². The van der Waals surface area contributed by atoms with Crippen LogP contribution in [0.25, 0.3) is 0 Å². The molecule has 1 aliphatic heterocycles. The van der Waals surface area contributed by atoms with E-state index in [2.05, 4.69) is 21.7 Å². The molecule has 1 amide bonds. The fourth-order valence-corrected chi connectivity index (χ4v) is 2.90. The van der Waals surface area contributed by atoms with Crippen molar-refractivity contribution in [1.82, 2.24) is 15.6 Å². The van der Waals surface area contributed by atoms with E-state index in [-0.39, 0.29) is 11.9 Å². The van der Waals surface area contributed by atoms with Crippen LogP contribution in [0.4, 0.5) is 0 Å². The summed E-state index contributed by atoms with van der Waals surface area (Å²) in [6.45, 7) is 1.33. The maximum Gasteiger partial charge on any atom is 0.242 e. The van der Waals surface area contributed by atoms with Crippen molar-refractivity contribution >= 4 is 17.2 Å². The smallest absolute Gasteiger partial charge is 0.242 e. The molecule has 3 rings (SSSR count). The van der Waals surface area contributed by atoms with E-state index >= 15 is 0 Å². The Balaban J connectivity index is 1.71. The Morgan fingerprint density at radius 2 is 2.37 bits per heavy atom. The lowest BCUT2D eigenvalue weighted by atomic mass is 9.94. The Bertz CT molecular complexity index is 568. The average Bonchev–Trinajstić information content (AvgIpc) is 2.97. The number of carbonyl (C=O) groups is 1. The van der Waals surface area contributed by atoms with Gasteiger partial charge in [-0.3, -0.25) is 4.79 Å². The number of rotatable bonds is 3. The van der Waals surface area contributed by atoms with Crippen LogP contribution in [0.2, 0.25) is 0 Å². The summed E-state index contributed by atoms with van der Waals surface area (Å²) >= 11 is 1.54. The van der Waals surface area contributed by atoms with Crippen LogP contribution in [0.15, 0.2) is 35.2 Å². The van der Waals surface area contributed by atoms with Gasteiger partial charge < -0.3 is 10.6 Å². The number of nitrogens with one attached hydrogen (secondary N) is 2. The second-order valence-corrected chi connectivity index (χ2v) is 5.25. The van der Waals surface area contributed by atoms with Crippen molar-refractivity contribution in [1.29, 1.82) is 0 Å². The summed E-state index contributed by atoms with van der Waals surface area (Å²) in [5, 5.41) is 8.16. The normalized spacial score (nSPS) is 17.8. The molecule has 1 aromatic heterocycles. The van der Waals surface area contributed by atoms with E-state index in [1.807, 2.05) is 23.6 Å². The van der Waals surface area contributed by atoms with Crippen molar-refractivity contribution in [3.05, 3.63) is 52.0 Å². The van der Waals surface area contributed by atoms with E-state index in [0.717, 1.165) is 24.2 Å². The van der Waals surface area contributed by atoms with Gasteiger partial charge in [0.25, 0.3) is 0 Å². The molecule has 0 saturated heterocycles. The lowest BCUT2D eigenvalue weighted by Crippen LogP contribution is -2.41. The molecule has 0 radical (unpaired) electrons. The first kappa shape index (κ1) is 12.3. The Hall–Kier alpha value is -1.72. The van der Waals surface area contributed by atoms with Crippen molar-refractivity contribution in [3.8, 4) is 0 Å². The molecule has 19 heavy (non-hydrogen) atoms. The molecule has 0 spiro atoms. The van der Waals surface area contributed by atoms with Crippen molar-refractivity contribution in [3.63, 3.8) is 0 Å². The third kappa shape index (κ3) is 2.67. The van der Waals surface area contributed by atoms with Gasteiger partial charge in [0.05, 0.1) is 17.7 Å². The van der Waals surface area contributed by atoms with Crippen molar-refractivity contribution in [2.24, 2.45) is 0 Å². The maximum absolute atomic E-state index is 12.3. The van der Waals surface area contributed by atoms with Crippen molar-refractivity contribution < 1.29 is 4.79 Å². The fourth-order valence-electron chi connectivity index (χ4n) is 2.34. The number of amides is 1. The lowest BCUT2D eigenvalue weighted by molar-refractivity contribution is -0.123. The zero-order valence-electron chi connectivity index (χ0n) is 10.4. The molecular weight excluding hydrogens is 258 g/mol. The molecule has 1 aliphatic rings. The SMILES string of the molecule is O=C(NCc1cscn1)C1NCCc2ccccc21. The fraction of sp³-hybridized carbons (Fsp3) is 0.286. The van der Waals surface area contributed by atoms with Gasteiger partial charge in [-0.25, -0.2) is 4.98 Å². The van der Waals surface area contributed by atoms with Crippen LogP contribution < -0.4 is 10.6 Å². The minimum Gasteiger partial charge on any atom is -0.349 e. The second kappa shape index (κ2) is 5.50. The van der Waals surface area contributed by atoms with E-state index in [1.165, 1.54) is 16.9 Å². The second-order valence-electron chi connectivity index (χ2n) is 4.53. The first-order valence-corrected chi connectivity index (χ1v) is 7.25. The number of thiazole rings is 1. The molecule has 0 fully saturated rings. The third-order valence-electron chi connectivity index (χ3n) is 3.30. The number of hydrogen-bond acceptors (Lipinski definition) is 4. The molecule has 2 heterocycles. The highest BCUT2D eigenvalue weighted by Crippen LogP contribution is 2.22. The molecule has 0 saturated carbocycles. The molecule has 0 bridgehead atoms. The summed E-state index contributed by atoms with van der Waals surface area (Å²) in [7, 11) is 0. The highest BCUT2D eigenvalue weighted by atomic mass is 32.1. The van der Waals surface area contributed by atoms with E-state index in [0.29, 0.717) is 6.54 Å². The molecule has 0 aliphatic carbocycles. The number of aromatic nitrogens is 1. The predicted molar refractivity (Wildman–Crippen MR) is 74.9 cm³/mol. The number of fused-ring (bicyclic) bond motifs is 1. The first-order valence-electron chi connectivity index (χ1n) is 6.30. The molecule has 1 unspecified atom stereocenters. The molecule has 4 nitrogen and oxygen atoms in total. The number of carbonyl (C=O) groups excluding carboxylic acids is 1. The van der Waals surface area contributed by atoms with E-state index in [9.17, 15) is 4.79 Å². The predicted octanol–water partition coefficient (Wildman–Crippen LogP) is 1.65. The molecule has 98 valence electrons. The monoisotopic (exact) mass is 273 g/mol. The van der Waals surface area contributed by atoms with Crippen LogP contribution in [-0.2, 0) is 17.8 Å². The number of benzene rings is 1. The van der Waals surface area contributed by atoms with Crippen LogP contribution in [0.1, 0.15) is 22.9 Å². The summed E-state index contributed by atoms with van der Waals surface area (Å²) in [6.07, 6.45) is 0.978. The summed E-state index contributed by atoms with van der Waals surface area (Å²) < 4.78 is 0. The van der Waals surface area contributed by atoms with Gasteiger partial charge in [-0.15, -0.1) is 11.3 Å². The number of nitrogens with zero attached hydrogens (tertiary/aromatic N) is 1. The van der Waals surface area contributed by atoms with Gasteiger partial charge in [0.15, 0.2) is 0 Å². The molecule has 5 heteroatoms. The minimum atomic E-state index is -0.247. The average molecular weight is 273 g/mol. The topological polar surface area (TPSA) is 54.0 Å². The quantitative estimate of drug-likeness (QED) is 0.894. The summed E-state index contributed by atoms with van der Waals surface area (Å²) in [6, 6.07) is 7.87. The van der Waals surface area contributed by atoms with Crippen LogP contribution in [0.3, 0.4) is 0 Å². The minimum absolute atomic E-state index is 0.0140. The molecular formula is C14H15N3OS. The Kier molecular flexibility index (Phi) is 3.57. The lowest BCUT2D eigenvalue weighted by Gasteiger charge is -2.25. The zero-order valence-corrected chi connectivity index (χ0v) is 11.2. The number of hydrogen-bond donors (Lipinski definition) is 2.